The predicted molar refractivity (Wildman–Crippen MR) is 80.2 cm³/mol. The van der Waals surface area contributed by atoms with Crippen molar-refractivity contribution in [2.24, 2.45) is 5.14 Å². The van der Waals surface area contributed by atoms with Crippen molar-refractivity contribution in [1.82, 2.24) is 5.32 Å². The Kier molecular flexibility index (Phi) is 4.82. The average molecular weight is 292 g/mol. The van der Waals surface area contributed by atoms with E-state index in [2.05, 4.69) is 17.6 Å². The third kappa shape index (κ3) is 3.72. The molecule has 19 heavy (non-hydrogen) atoms. The molecule has 0 aliphatic carbocycles. The van der Waals surface area contributed by atoms with Crippen molar-refractivity contribution in [3.63, 3.8) is 0 Å². The molecule has 1 aromatic carbocycles. The van der Waals surface area contributed by atoms with Gasteiger partial charge >= 0.3 is 0 Å². The molecule has 2 rings (SSSR count). The first-order valence-corrected chi connectivity index (χ1v) is 7.33. The molecular weight excluding hydrogens is 279 g/mol. The fourth-order valence-electron chi connectivity index (χ4n) is 1.54. The number of hydrogen-bond acceptors (Lipinski definition) is 4. The van der Waals surface area contributed by atoms with Crippen LogP contribution in [0.25, 0.3) is 5.70 Å². The van der Waals surface area contributed by atoms with Crippen LogP contribution in [0.1, 0.15) is 10.4 Å². The van der Waals surface area contributed by atoms with Crippen molar-refractivity contribution in [2.75, 3.05) is 0 Å². The van der Waals surface area contributed by atoms with Gasteiger partial charge in [-0.2, -0.15) is 0 Å². The summed E-state index contributed by atoms with van der Waals surface area (Å²) in [5.41, 5.74) is 4.71. The lowest BCUT2D eigenvalue weighted by Gasteiger charge is -2.07. The van der Waals surface area contributed by atoms with Crippen LogP contribution in [0.5, 0.6) is 0 Å². The van der Waals surface area contributed by atoms with Crippen LogP contribution in [0.3, 0.4) is 0 Å². The van der Waals surface area contributed by atoms with Gasteiger partial charge in [0.1, 0.15) is 5.82 Å². The van der Waals surface area contributed by atoms with Crippen molar-refractivity contribution in [3.05, 3.63) is 64.3 Å². The Morgan fingerprint density at radius 1 is 1.42 bits per heavy atom. The van der Waals surface area contributed by atoms with E-state index < -0.39 is 0 Å². The highest BCUT2D eigenvalue weighted by Gasteiger charge is 2.05. The second-order valence-corrected chi connectivity index (χ2v) is 5.41. The number of hydrogen-bond donors (Lipinski definition) is 2. The highest BCUT2D eigenvalue weighted by Crippen LogP contribution is 2.25. The molecule has 0 saturated heterocycles. The van der Waals surface area contributed by atoms with E-state index in [0.717, 1.165) is 21.0 Å². The van der Waals surface area contributed by atoms with Gasteiger partial charge in [0.15, 0.2) is 0 Å². The van der Waals surface area contributed by atoms with Crippen LogP contribution in [0, 0.1) is 5.82 Å². The summed E-state index contributed by atoms with van der Waals surface area (Å²) >= 11 is 2.79. The molecule has 0 atom stereocenters. The highest BCUT2D eigenvalue weighted by molar-refractivity contribution is 7.97. The minimum atomic E-state index is -0.230. The standard InChI is InChI=1S/C14H13FN2S2/c1-2-13(14-7-12(19-16)9-18-14)17-8-10-3-5-11(15)6-4-10/h3-7,9,17H,1,8,16H2. The lowest BCUT2D eigenvalue weighted by atomic mass is 10.2. The van der Waals surface area contributed by atoms with Crippen LogP contribution in [-0.2, 0) is 6.54 Å². The molecule has 0 bridgehead atoms. The summed E-state index contributed by atoms with van der Waals surface area (Å²) in [7, 11) is 0. The van der Waals surface area contributed by atoms with Crippen molar-refractivity contribution >= 4 is 29.0 Å². The molecule has 0 saturated carbocycles. The zero-order valence-electron chi connectivity index (χ0n) is 10.2. The maximum Gasteiger partial charge on any atom is 0.123 e. The molecule has 0 fully saturated rings. The molecule has 1 heterocycles. The minimum absolute atomic E-state index is 0.230. The number of halogens is 1. The molecule has 0 amide bonds. The molecule has 98 valence electrons. The zero-order valence-corrected chi connectivity index (χ0v) is 11.8. The molecular formula is C14H13FN2S2. The summed E-state index contributed by atoms with van der Waals surface area (Å²) in [6.45, 7) is 4.28. The highest BCUT2D eigenvalue weighted by atomic mass is 32.2. The Morgan fingerprint density at radius 2 is 2.16 bits per heavy atom. The van der Waals surface area contributed by atoms with E-state index in [0.29, 0.717) is 6.54 Å². The van der Waals surface area contributed by atoms with Crippen molar-refractivity contribution in [3.8, 4) is 0 Å². The molecule has 0 aliphatic heterocycles. The summed E-state index contributed by atoms with van der Waals surface area (Å²) in [5, 5.41) is 10.7. The van der Waals surface area contributed by atoms with Crippen LogP contribution in [0.4, 0.5) is 4.39 Å². The van der Waals surface area contributed by atoms with Crippen LogP contribution in [0.15, 0.2) is 52.9 Å². The van der Waals surface area contributed by atoms with Gasteiger partial charge in [-0.1, -0.05) is 18.7 Å². The first kappa shape index (κ1) is 13.9. The maximum absolute atomic E-state index is 12.8. The second kappa shape index (κ2) is 6.59. The first-order chi connectivity index (χ1) is 9.22. The molecule has 0 unspecified atom stereocenters. The lowest BCUT2D eigenvalue weighted by Crippen LogP contribution is -2.10. The van der Waals surface area contributed by atoms with E-state index in [9.17, 15) is 4.39 Å². The molecule has 0 spiro atoms. The number of thiophene rings is 1. The van der Waals surface area contributed by atoms with Gasteiger partial charge in [-0.3, -0.25) is 5.14 Å². The SMILES string of the molecule is C=C=C(NCc1ccc(F)cc1)c1cc(SN)cs1. The van der Waals surface area contributed by atoms with Gasteiger partial charge in [0.05, 0.1) is 10.6 Å². The summed E-state index contributed by atoms with van der Waals surface area (Å²) in [5.74, 6) is -0.230. The first-order valence-electron chi connectivity index (χ1n) is 5.57. The molecule has 3 N–H and O–H groups in total. The van der Waals surface area contributed by atoms with E-state index in [1.54, 1.807) is 23.5 Å². The second-order valence-electron chi connectivity index (χ2n) is 3.80. The number of nitrogens with two attached hydrogens (primary N) is 1. The third-order valence-corrected chi connectivity index (χ3v) is 4.12. The van der Waals surface area contributed by atoms with E-state index in [1.807, 2.05) is 11.4 Å². The van der Waals surface area contributed by atoms with Gasteiger partial charge in [0.2, 0.25) is 0 Å². The van der Waals surface area contributed by atoms with Gasteiger partial charge in [-0.15, -0.1) is 17.1 Å². The molecule has 1 aromatic heterocycles. The van der Waals surface area contributed by atoms with Crippen LogP contribution >= 0.6 is 23.3 Å². The van der Waals surface area contributed by atoms with E-state index >= 15 is 0 Å². The van der Waals surface area contributed by atoms with E-state index in [1.165, 1.54) is 24.1 Å². The topological polar surface area (TPSA) is 38.0 Å². The summed E-state index contributed by atoms with van der Waals surface area (Å²) < 4.78 is 12.8. The van der Waals surface area contributed by atoms with Gasteiger partial charge in [-0.05, 0) is 35.7 Å². The molecule has 2 nitrogen and oxygen atoms in total. The van der Waals surface area contributed by atoms with Gasteiger partial charge in [0.25, 0.3) is 0 Å². The van der Waals surface area contributed by atoms with E-state index in [-0.39, 0.29) is 5.82 Å². The van der Waals surface area contributed by atoms with Gasteiger partial charge in [0, 0.05) is 16.8 Å². The summed E-state index contributed by atoms with van der Waals surface area (Å²) in [6.07, 6.45) is 0. The summed E-state index contributed by atoms with van der Waals surface area (Å²) in [6, 6.07) is 8.38. The van der Waals surface area contributed by atoms with Crippen LogP contribution in [0.2, 0.25) is 0 Å². The number of benzene rings is 1. The number of nitrogens with one attached hydrogen (secondary N) is 1. The monoisotopic (exact) mass is 292 g/mol. The largest absolute Gasteiger partial charge is 0.374 e. The van der Waals surface area contributed by atoms with Crippen LogP contribution in [-0.4, -0.2) is 0 Å². The maximum atomic E-state index is 12.8. The quantitative estimate of drug-likeness (QED) is 0.651. The Labute approximate surface area is 120 Å². The molecule has 5 heteroatoms. The van der Waals surface area contributed by atoms with Crippen molar-refractivity contribution < 1.29 is 4.39 Å². The van der Waals surface area contributed by atoms with Crippen molar-refractivity contribution in [2.45, 2.75) is 11.4 Å². The lowest BCUT2D eigenvalue weighted by molar-refractivity contribution is 0.626. The molecule has 2 aromatic rings. The average Bonchev–Trinajstić information content (AvgIpc) is 2.90. The fraction of sp³-hybridized carbons (Fsp3) is 0.0714. The third-order valence-electron chi connectivity index (χ3n) is 2.52. The fourth-order valence-corrected chi connectivity index (χ4v) is 2.94. The van der Waals surface area contributed by atoms with Gasteiger partial charge < -0.3 is 5.32 Å². The number of rotatable bonds is 5. The zero-order chi connectivity index (χ0) is 13.7. The molecule has 0 aliphatic rings. The van der Waals surface area contributed by atoms with Gasteiger partial charge in [-0.25, -0.2) is 4.39 Å². The van der Waals surface area contributed by atoms with E-state index in [4.69, 9.17) is 5.14 Å². The Hall–Kier alpha value is -1.52. The smallest absolute Gasteiger partial charge is 0.123 e. The normalized spacial score (nSPS) is 10.0. The van der Waals surface area contributed by atoms with Crippen LogP contribution < -0.4 is 10.5 Å². The Bertz CT molecular complexity index is 598. The predicted octanol–water partition coefficient (Wildman–Crippen LogP) is 3.77. The Balaban J connectivity index is 2.04. The molecule has 0 radical (unpaired) electrons. The summed E-state index contributed by atoms with van der Waals surface area (Å²) in [4.78, 5) is 2.04. The minimum Gasteiger partial charge on any atom is -0.374 e. The Morgan fingerprint density at radius 3 is 2.74 bits per heavy atom. The van der Waals surface area contributed by atoms with Crippen molar-refractivity contribution in [1.29, 1.82) is 0 Å².